The minimum absolute atomic E-state index is 0.943. The minimum Gasteiger partial charge on any atom is -0.361 e. The molecule has 2 rings (SSSR count). The number of H-pyrrole nitrogens is 1. The van der Waals surface area contributed by atoms with Crippen LogP contribution in [0.4, 0.5) is 0 Å². The lowest BCUT2D eigenvalue weighted by Crippen LogP contribution is -2.32. The molecule has 1 aromatic carbocycles. The molecule has 0 aliphatic heterocycles. The van der Waals surface area contributed by atoms with E-state index in [9.17, 15) is 0 Å². The van der Waals surface area contributed by atoms with Crippen LogP contribution in [0.1, 0.15) is 25.8 Å². The SMILES string of the molecule is CCCN(CC)CCNCc1ccc2cc[nH]c2c1. The first-order valence-corrected chi connectivity index (χ1v) is 7.32. The molecule has 0 aliphatic carbocycles. The number of aromatic amines is 1. The first-order chi connectivity index (χ1) is 9.33. The Morgan fingerprint density at radius 3 is 2.84 bits per heavy atom. The van der Waals surface area contributed by atoms with Crippen molar-refractivity contribution in [1.82, 2.24) is 15.2 Å². The first-order valence-electron chi connectivity index (χ1n) is 7.32. The molecule has 0 fully saturated rings. The maximum absolute atomic E-state index is 3.53. The van der Waals surface area contributed by atoms with Gasteiger partial charge in [0.1, 0.15) is 0 Å². The molecule has 0 radical (unpaired) electrons. The minimum atomic E-state index is 0.943. The van der Waals surface area contributed by atoms with Crippen molar-refractivity contribution in [3.05, 3.63) is 36.0 Å². The fourth-order valence-corrected chi connectivity index (χ4v) is 2.42. The lowest BCUT2D eigenvalue weighted by atomic mass is 10.1. The zero-order valence-corrected chi connectivity index (χ0v) is 12.1. The lowest BCUT2D eigenvalue weighted by Gasteiger charge is -2.19. The van der Waals surface area contributed by atoms with Crippen LogP contribution in [0.3, 0.4) is 0 Å². The third-order valence-electron chi connectivity index (χ3n) is 3.54. The zero-order chi connectivity index (χ0) is 13.5. The fourth-order valence-electron chi connectivity index (χ4n) is 2.42. The Hall–Kier alpha value is -1.32. The van der Waals surface area contributed by atoms with Crippen LogP contribution in [0.5, 0.6) is 0 Å². The molecule has 0 bridgehead atoms. The van der Waals surface area contributed by atoms with E-state index in [1.54, 1.807) is 0 Å². The molecule has 3 nitrogen and oxygen atoms in total. The highest BCUT2D eigenvalue weighted by Crippen LogP contribution is 2.13. The molecule has 0 spiro atoms. The number of aromatic nitrogens is 1. The molecule has 0 unspecified atom stereocenters. The van der Waals surface area contributed by atoms with Crippen molar-refractivity contribution in [2.45, 2.75) is 26.8 Å². The van der Waals surface area contributed by atoms with Crippen molar-refractivity contribution in [2.24, 2.45) is 0 Å². The summed E-state index contributed by atoms with van der Waals surface area (Å²) in [7, 11) is 0. The predicted molar refractivity (Wildman–Crippen MR) is 82.4 cm³/mol. The van der Waals surface area contributed by atoms with Gasteiger partial charge in [-0.05, 0) is 42.6 Å². The number of nitrogens with zero attached hydrogens (tertiary/aromatic N) is 1. The smallest absolute Gasteiger partial charge is 0.0457 e. The Balaban J connectivity index is 1.75. The van der Waals surface area contributed by atoms with E-state index in [1.807, 2.05) is 6.20 Å². The van der Waals surface area contributed by atoms with Gasteiger partial charge in [0.05, 0.1) is 0 Å². The third kappa shape index (κ3) is 4.08. The molecule has 1 aromatic heterocycles. The summed E-state index contributed by atoms with van der Waals surface area (Å²) in [6.45, 7) is 9.94. The third-order valence-corrected chi connectivity index (χ3v) is 3.54. The average Bonchev–Trinajstić information content (AvgIpc) is 2.89. The largest absolute Gasteiger partial charge is 0.361 e. The highest BCUT2D eigenvalue weighted by atomic mass is 15.1. The van der Waals surface area contributed by atoms with Gasteiger partial charge in [0.25, 0.3) is 0 Å². The predicted octanol–water partition coefficient (Wildman–Crippen LogP) is 2.99. The molecule has 0 saturated carbocycles. The molecular formula is C16H25N3. The number of benzene rings is 1. The van der Waals surface area contributed by atoms with Crippen molar-refractivity contribution in [1.29, 1.82) is 0 Å². The van der Waals surface area contributed by atoms with Crippen LogP contribution in [-0.4, -0.2) is 36.1 Å². The standard InChI is InChI=1S/C16H25N3/c1-3-10-19(4-2)11-9-17-13-14-5-6-15-7-8-18-16(15)12-14/h5-8,12,17-18H,3-4,9-11,13H2,1-2H3. The van der Waals surface area contributed by atoms with Crippen LogP contribution in [-0.2, 0) is 6.54 Å². The highest BCUT2D eigenvalue weighted by Gasteiger charge is 2.00. The number of fused-ring (bicyclic) bond motifs is 1. The van der Waals surface area contributed by atoms with Gasteiger partial charge in [-0.1, -0.05) is 26.0 Å². The lowest BCUT2D eigenvalue weighted by molar-refractivity contribution is 0.287. The van der Waals surface area contributed by atoms with E-state index in [0.717, 1.165) is 26.2 Å². The van der Waals surface area contributed by atoms with Crippen molar-refractivity contribution < 1.29 is 0 Å². The summed E-state index contributed by atoms with van der Waals surface area (Å²) >= 11 is 0. The van der Waals surface area contributed by atoms with Crippen LogP contribution < -0.4 is 5.32 Å². The maximum atomic E-state index is 3.53. The number of hydrogen-bond donors (Lipinski definition) is 2. The van der Waals surface area contributed by atoms with Crippen molar-refractivity contribution in [3.63, 3.8) is 0 Å². The Kier molecular flexibility index (Phi) is 5.43. The monoisotopic (exact) mass is 259 g/mol. The van der Waals surface area contributed by atoms with Gasteiger partial charge in [-0.2, -0.15) is 0 Å². The van der Waals surface area contributed by atoms with E-state index in [-0.39, 0.29) is 0 Å². The fraction of sp³-hybridized carbons (Fsp3) is 0.500. The maximum Gasteiger partial charge on any atom is 0.0457 e. The second kappa shape index (κ2) is 7.31. The molecule has 0 saturated heterocycles. The molecule has 0 amide bonds. The Morgan fingerprint density at radius 1 is 1.16 bits per heavy atom. The molecule has 0 aliphatic rings. The van der Waals surface area contributed by atoms with Gasteiger partial charge < -0.3 is 15.2 Å². The van der Waals surface area contributed by atoms with Crippen molar-refractivity contribution >= 4 is 10.9 Å². The summed E-state index contributed by atoms with van der Waals surface area (Å²) in [4.78, 5) is 5.75. The number of hydrogen-bond acceptors (Lipinski definition) is 2. The van der Waals surface area contributed by atoms with E-state index >= 15 is 0 Å². The van der Waals surface area contributed by atoms with E-state index in [2.05, 4.69) is 53.3 Å². The Morgan fingerprint density at radius 2 is 2.05 bits per heavy atom. The van der Waals surface area contributed by atoms with Gasteiger partial charge in [0.2, 0.25) is 0 Å². The number of rotatable bonds is 8. The highest BCUT2D eigenvalue weighted by molar-refractivity contribution is 5.79. The quantitative estimate of drug-likeness (QED) is 0.714. The van der Waals surface area contributed by atoms with Gasteiger partial charge in [0.15, 0.2) is 0 Å². The average molecular weight is 259 g/mol. The normalized spacial score (nSPS) is 11.5. The van der Waals surface area contributed by atoms with Gasteiger partial charge in [-0.25, -0.2) is 0 Å². The van der Waals surface area contributed by atoms with Crippen molar-refractivity contribution in [3.8, 4) is 0 Å². The van der Waals surface area contributed by atoms with Crippen LogP contribution >= 0.6 is 0 Å². The summed E-state index contributed by atoms with van der Waals surface area (Å²) in [6.07, 6.45) is 3.23. The summed E-state index contributed by atoms with van der Waals surface area (Å²) in [5.74, 6) is 0. The number of nitrogens with one attached hydrogen (secondary N) is 2. The van der Waals surface area contributed by atoms with E-state index in [1.165, 1.54) is 29.4 Å². The van der Waals surface area contributed by atoms with Crippen molar-refractivity contribution in [2.75, 3.05) is 26.2 Å². The van der Waals surface area contributed by atoms with Crippen LogP contribution in [0, 0.1) is 0 Å². The van der Waals surface area contributed by atoms with E-state index < -0.39 is 0 Å². The van der Waals surface area contributed by atoms with Gasteiger partial charge in [-0.15, -0.1) is 0 Å². The molecule has 3 heteroatoms. The van der Waals surface area contributed by atoms with Gasteiger partial charge >= 0.3 is 0 Å². The van der Waals surface area contributed by atoms with Gasteiger partial charge in [-0.3, -0.25) is 0 Å². The molecule has 2 N–H and O–H groups in total. The van der Waals surface area contributed by atoms with Crippen LogP contribution in [0.25, 0.3) is 10.9 Å². The Bertz CT molecular complexity index is 489. The van der Waals surface area contributed by atoms with Gasteiger partial charge in [0, 0.05) is 31.3 Å². The molecular weight excluding hydrogens is 234 g/mol. The second-order valence-corrected chi connectivity index (χ2v) is 5.01. The summed E-state index contributed by atoms with van der Waals surface area (Å²) in [5.41, 5.74) is 2.56. The molecule has 0 atom stereocenters. The molecule has 1 heterocycles. The first kappa shape index (κ1) is 14.1. The molecule has 104 valence electrons. The molecule has 19 heavy (non-hydrogen) atoms. The summed E-state index contributed by atoms with van der Waals surface area (Å²) in [5, 5.41) is 4.81. The molecule has 2 aromatic rings. The Labute approximate surface area is 116 Å². The van der Waals surface area contributed by atoms with E-state index in [4.69, 9.17) is 0 Å². The summed E-state index contributed by atoms with van der Waals surface area (Å²) in [6, 6.07) is 8.72. The number of likely N-dealkylation sites (N-methyl/N-ethyl adjacent to an activating group) is 1. The summed E-state index contributed by atoms with van der Waals surface area (Å²) < 4.78 is 0. The van der Waals surface area contributed by atoms with Crippen LogP contribution in [0.15, 0.2) is 30.5 Å². The zero-order valence-electron chi connectivity index (χ0n) is 12.1. The van der Waals surface area contributed by atoms with E-state index in [0.29, 0.717) is 0 Å². The second-order valence-electron chi connectivity index (χ2n) is 5.01. The van der Waals surface area contributed by atoms with Crippen LogP contribution in [0.2, 0.25) is 0 Å². The topological polar surface area (TPSA) is 31.1 Å².